The van der Waals surface area contributed by atoms with Crippen LogP contribution in [-0.4, -0.2) is 69.8 Å². The molecule has 0 aliphatic carbocycles. The Hall–Kier alpha value is -2.73. The lowest BCUT2D eigenvalue weighted by atomic mass is 10.1. The molecule has 6 heteroatoms. The minimum atomic E-state index is 0.00857. The number of ether oxygens (including phenoxy) is 1. The number of nitrogens with zero attached hydrogens (tertiary/aromatic N) is 3. The van der Waals surface area contributed by atoms with Crippen LogP contribution in [0.25, 0.3) is 0 Å². The minimum absolute atomic E-state index is 0.00857. The molecule has 1 aliphatic heterocycles. The Kier molecular flexibility index (Phi) is 6.99. The number of hydrogen-bond donors (Lipinski definition) is 1. The third-order valence-electron chi connectivity index (χ3n) is 5.50. The summed E-state index contributed by atoms with van der Waals surface area (Å²) in [6.07, 6.45) is 0. The van der Waals surface area contributed by atoms with Gasteiger partial charge in [-0.3, -0.25) is 0 Å². The van der Waals surface area contributed by atoms with Gasteiger partial charge in [0, 0.05) is 38.4 Å². The van der Waals surface area contributed by atoms with E-state index >= 15 is 0 Å². The highest BCUT2D eigenvalue weighted by molar-refractivity contribution is 5.74. The van der Waals surface area contributed by atoms with E-state index in [4.69, 9.17) is 4.74 Å². The van der Waals surface area contributed by atoms with Crippen molar-refractivity contribution in [3.05, 3.63) is 59.7 Å². The predicted octanol–water partition coefficient (Wildman–Crippen LogP) is 3.14. The van der Waals surface area contributed by atoms with Gasteiger partial charge in [-0.15, -0.1) is 0 Å². The Labute approximate surface area is 174 Å². The third-order valence-corrected chi connectivity index (χ3v) is 5.50. The van der Waals surface area contributed by atoms with E-state index in [1.807, 2.05) is 31.1 Å². The molecule has 29 heavy (non-hydrogen) atoms. The summed E-state index contributed by atoms with van der Waals surface area (Å²) in [6, 6.07) is 16.7. The maximum atomic E-state index is 12.7. The molecule has 0 bridgehead atoms. The Bertz CT molecular complexity index is 799. The molecule has 1 atom stereocenters. The minimum Gasteiger partial charge on any atom is -0.497 e. The van der Waals surface area contributed by atoms with Gasteiger partial charge in [0.1, 0.15) is 5.75 Å². The molecule has 1 aliphatic rings. The average molecular weight is 397 g/mol. The molecule has 6 nitrogen and oxygen atoms in total. The molecule has 1 saturated heterocycles. The Morgan fingerprint density at radius 3 is 2.38 bits per heavy atom. The number of anilines is 1. The van der Waals surface area contributed by atoms with Crippen LogP contribution in [-0.2, 0) is 0 Å². The first-order chi connectivity index (χ1) is 14.0. The number of rotatable bonds is 6. The van der Waals surface area contributed by atoms with Gasteiger partial charge in [-0.05, 0) is 56.4 Å². The molecule has 0 radical (unpaired) electrons. The fraction of sp³-hybridized carbons (Fsp3) is 0.435. The third kappa shape index (κ3) is 5.41. The number of methoxy groups -OCH3 is 1. The van der Waals surface area contributed by atoms with Gasteiger partial charge < -0.3 is 24.8 Å². The lowest BCUT2D eigenvalue weighted by Gasteiger charge is -2.36. The molecule has 1 heterocycles. The first kappa shape index (κ1) is 21.0. The fourth-order valence-corrected chi connectivity index (χ4v) is 3.71. The molecule has 156 valence electrons. The van der Waals surface area contributed by atoms with Gasteiger partial charge in [-0.1, -0.05) is 24.3 Å². The van der Waals surface area contributed by atoms with Crippen LogP contribution in [0.1, 0.15) is 17.2 Å². The zero-order chi connectivity index (χ0) is 20.8. The zero-order valence-electron chi connectivity index (χ0n) is 17.9. The van der Waals surface area contributed by atoms with Crippen LogP contribution in [0.3, 0.4) is 0 Å². The van der Waals surface area contributed by atoms with Crippen molar-refractivity contribution in [1.29, 1.82) is 0 Å². The molecule has 1 fully saturated rings. The summed E-state index contributed by atoms with van der Waals surface area (Å²) < 4.78 is 5.24. The number of amides is 2. The summed E-state index contributed by atoms with van der Waals surface area (Å²) in [4.78, 5) is 19.1. The summed E-state index contributed by atoms with van der Waals surface area (Å²) in [7, 11) is 5.72. The van der Waals surface area contributed by atoms with E-state index in [1.54, 1.807) is 7.11 Å². The van der Waals surface area contributed by atoms with E-state index in [0.29, 0.717) is 6.54 Å². The van der Waals surface area contributed by atoms with Crippen molar-refractivity contribution in [3.8, 4) is 5.75 Å². The summed E-state index contributed by atoms with van der Waals surface area (Å²) in [5.41, 5.74) is 3.65. The lowest BCUT2D eigenvalue weighted by Crippen LogP contribution is -2.52. The molecule has 2 aromatic carbocycles. The number of urea groups is 1. The molecule has 0 saturated carbocycles. The van der Waals surface area contributed by atoms with Crippen molar-refractivity contribution in [2.45, 2.75) is 13.0 Å². The second-order valence-electron chi connectivity index (χ2n) is 7.75. The van der Waals surface area contributed by atoms with Gasteiger partial charge >= 0.3 is 6.03 Å². The van der Waals surface area contributed by atoms with Crippen molar-refractivity contribution in [3.63, 3.8) is 0 Å². The lowest BCUT2D eigenvalue weighted by molar-refractivity contribution is 0.189. The van der Waals surface area contributed by atoms with Crippen molar-refractivity contribution in [1.82, 2.24) is 15.1 Å². The van der Waals surface area contributed by atoms with Crippen molar-refractivity contribution in [2.75, 3.05) is 58.8 Å². The smallest absolute Gasteiger partial charge is 0.317 e. The predicted molar refractivity (Wildman–Crippen MR) is 118 cm³/mol. The van der Waals surface area contributed by atoms with Crippen LogP contribution in [0.2, 0.25) is 0 Å². The molecule has 2 amide bonds. The van der Waals surface area contributed by atoms with Crippen molar-refractivity contribution < 1.29 is 9.53 Å². The maximum Gasteiger partial charge on any atom is 0.317 e. The zero-order valence-corrected chi connectivity index (χ0v) is 17.9. The van der Waals surface area contributed by atoms with E-state index in [2.05, 4.69) is 58.4 Å². The normalized spacial score (nSPS) is 15.3. The molecule has 2 aromatic rings. The standard InChI is InChI=1S/C23H32N4O2/c1-18-6-5-7-20(16-18)26-12-14-27(15-13-26)23(28)24-17-22(25(2)3)19-8-10-21(29-4)11-9-19/h5-11,16,22H,12-15,17H2,1-4H3,(H,24,28). The van der Waals surface area contributed by atoms with E-state index < -0.39 is 0 Å². The maximum absolute atomic E-state index is 12.7. The topological polar surface area (TPSA) is 48.1 Å². The number of benzene rings is 2. The first-order valence-corrected chi connectivity index (χ1v) is 10.1. The van der Waals surface area contributed by atoms with E-state index in [1.165, 1.54) is 11.3 Å². The van der Waals surface area contributed by atoms with Crippen LogP contribution in [0.4, 0.5) is 10.5 Å². The molecule has 1 N–H and O–H groups in total. The van der Waals surface area contributed by atoms with E-state index in [-0.39, 0.29) is 12.1 Å². The largest absolute Gasteiger partial charge is 0.497 e. The number of carbonyl (C=O) groups is 1. The number of aryl methyl sites for hydroxylation is 1. The van der Waals surface area contributed by atoms with Crippen LogP contribution in [0.15, 0.2) is 48.5 Å². The Balaban J connectivity index is 1.53. The number of likely N-dealkylation sites (N-methyl/N-ethyl adjacent to an activating group) is 1. The monoisotopic (exact) mass is 396 g/mol. The molecular weight excluding hydrogens is 364 g/mol. The average Bonchev–Trinajstić information content (AvgIpc) is 2.74. The van der Waals surface area contributed by atoms with Crippen LogP contribution >= 0.6 is 0 Å². The summed E-state index contributed by atoms with van der Waals surface area (Å²) in [5.74, 6) is 0.835. The summed E-state index contributed by atoms with van der Waals surface area (Å²) in [6.45, 7) is 5.84. The van der Waals surface area contributed by atoms with Gasteiger partial charge in [-0.2, -0.15) is 0 Å². The van der Waals surface area contributed by atoms with Crippen LogP contribution in [0.5, 0.6) is 5.75 Å². The summed E-state index contributed by atoms with van der Waals surface area (Å²) in [5, 5.41) is 3.12. The highest BCUT2D eigenvalue weighted by Gasteiger charge is 2.23. The molecular formula is C23H32N4O2. The fourth-order valence-electron chi connectivity index (χ4n) is 3.71. The van der Waals surface area contributed by atoms with Gasteiger partial charge in [0.25, 0.3) is 0 Å². The quantitative estimate of drug-likeness (QED) is 0.815. The Morgan fingerprint density at radius 2 is 1.79 bits per heavy atom. The van der Waals surface area contributed by atoms with Gasteiger partial charge in [0.2, 0.25) is 0 Å². The number of piperazine rings is 1. The molecule has 0 aromatic heterocycles. The van der Waals surface area contributed by atoms with E-state index in [9.17, 15) is 4.79 Å². The highest BCUT2D eigenvalue weighted by Crippen LogP contribution is 2.21. The molecule has 3 rings (SSSR count). The number of nitrogens with one attached hydrogen (secondary N) is 1. The Morgan fingerprint density at radius 1 is 1.10 bits per heavy atom. The van der Waals surface area contributed by atoms with Gasteiger partial charge in [-0.25, -0.2) is 4.79 Å². The van der Waals surface area contributed by atoms with Gasteiger partial charge in [0.05, 0.1) is 13.2 Å². The van der Waals surface area contributed by atoms with Crippen LogP contribution in [0, 0.1) is 6.92 Å². The summed E-state index contributed by atoms with van der Waals surface area (Å²) >= 11 is 0. The molecule has 0 spiro atoms. The SMILES string of the molecule is COc1ccc(C(CNC(=O)N2CCN(c3cccc(C)c3)CC2)N(C)C)cc1. The second kappa shape index (κ2) is 9.65. The van der Waals surface area contributed by atoms with Crippen molar-refractivity contribution >= 4 is 11.7 Å². The van der Waals surface area contributed by atoms with Gasteiger partial charge in [0.15, 0.2) is 0 Å². The second-order valence-corrected chi connectivity index (χ2v) is 7.75. The first-order valence-electron chi connectivity index (χ1n) is 10.1. The van der Waals surface area contributed by atoms with Crippen molar-refractivity contribution in [2.24, 2.45) is 0 Å². The highest BCUT2D eigenvalue weighted by atomic mass is 16.5. The molecule has 1 unspecified atom stereocenters. The number of hydrogen-bond acceptors (Lipinski definition) is 4. The van der Waals surface area contributed by atoms with E-state index in [0.717, 1.165) is 37.5 Å². The van der Waals surface area contributed by atoms with Crippen LogP contribution < -0.4 is 15.0 Å². The number of carbonyl (C=O) groups excluding carboxylic acids is 1.